The number of hydrogen-bond donors (Lipinski definition) is 0. The molecule has 0 aliphatic heterocycles. The van der Waals surface area contributed by atoms with E-state index in [1.165, 1.54) is 0 Å². The molecule has 86 valence electrons. The average molecular weight is 312 g/mol. The first-order chi connectivity index (χ1) is 8.20. The van der Waals surface area contributed by atoms with Crippen LogP contribution in [0.3, 0.4) is 0 Å². The van der Waals surface area contributed by atoms with Crippen LogP contribution in [-0.2, 0) is 0 Å². The number of fused-ring (bicyclic) bond motifs is 3. The van der Waals surface area contributed by atoms with E-state index in [9.17, 15) is 0 Å². The zero-order chi connectivity index (χ0) is 12.0. The zero-order valence-corrected chi connectivity index (χ0v) is 11.3. The summed E-state index contributed by atoms with van der Waals surface area (Å²) in [4.78, 5) is 0. The van der Waals surface area contributed by atoms with Gasteiger partial charge in [-0.2, -0.15) is 0 Å². The molecular weight excluding hydrogens is 303 g/mol. The molecule has 3 aromatic rings. The van der Waals surface area contributed by atoms with Gasteiger partial charge in [0.2, 0.25) is 0 Å². The van der Waals surface area contributed by atoms with Gasteiger partial charge in [-0.1, -0.05) is 33.6 Å². The summed E-state index contributed by atoms with van der Waals surface area (Å²) in [6.07, 6.45) is 0. The monoisotopic (exact) mass is 310 g/mol. The van der Waals surface area contributed by atoms with Crippen LogP contribution in [0.5, 0.6) is 5.75 Å². The number of hydrogen-bond acceptors (Lipinski definition) is 2. The van der Waals surface area contributed by atoms with Crippen LogP contribution in [0.15, 0.2) is 39.2 Å². The van der Waals surface area contributed by atoms with Gasteiger partial charge >= 0.3 is 0 Å². The summed E-state index contributed by atoms with van der Waals surface area (Å²) in [5.41, 5.74) is 1.54. The zero-order valence-electron chi connectivity index (χ0n) is 8.96. The summed E-state index contributed by atoms with van der Waals surface area (Å²) in [5.74, 6) is 0.692. The molecule has 1 aromatic heterocycles. The van der Waals surface area contributed by atoms with E-state index in [0.29, 0.717) is 10.8 Å². The van der Waals surface area contributed by atoms with Gasteiger partial charge in [0.05, 0.1) is 12.1 Å². The molecule has 1 heterocycles. The number of ether oxygens (including phenoxy) is 1. The van der Waals surface area contributed by atoms with E-state index in [2.05, 4.69) is 15.9 Å². The van der Waals surface area contributed by atoms with Crippen molar-refractivity contribution in [3.8, 4) is 5.75 Å². The first kappa shape index (κ1) is 10.9. The molecule has 2 aromatic carbocycles. The van der Waals surface area contributed by atoms with Crippen LogP contribution in [0, 0.1) is 0 Å². The fourth-order valence-electron chi connectivity index (χ4n) is 1.95. The highest BCUT2D eigenvalue weighted by atomic mass is 79.9. The highest BCUT2D eigenvalue weighted by Crippen LogP contribution is 2.39. The normalized spacial score (nSPS) is 11.2. The largest absolute Gasteiger partial charge is 0.497 e. The quantitative estimate of drug-likeness (QED) is 0.630. The summed E-state index contributed by atoms with van der Waals surface area (Å²) in [5, 5.41) is 2.54. The van der Waals surface area contributed by atoms with Crippen molar-refractivity contribution in [3.05, 3.63) is 39.8 Å². The maximum absolute atomic E-state index is 6.27. The second kappa shape index (κ2) is 3.93. The van der Waals surface area contributed by atoms with Crippen LogP contribution in [0.1, 0.15) is 0 Å². The summed E-state index contributed by atoms with van der Waals surface area (Å²) >= 11 is 9.79. The Kier molecular flexibility index (Phi) is 2.53. The fourth-order valence-corrected chi connectivity index (χ4v) is 2.79. The SMILES string of the molecule is COc1cc(Cl)c2c(c1)oc1cccc(Br)c12. The van der Waals surface area contributed by atoms with E-state index < -0.39 is 0 Å². The fraction of sp³-hybridized carbons (Fsp3) is 0.0769. The van der Waals surface area contributed by atoms with E-state index in [1.807, 2.05) is 24.3 Å². The number of methoxy groups -OCH3 is 1. The Hall–Kier alpha value is -1.19. The van der Waals surface area contributed by atoms with Crippen molar-refractivity contribution >= 4 is 49.5 Å². The minimum Gasteiger partial charge on any atom is -0.497 e. The summed E-state index contributed by atoms with van der Waals surface area (Å²) in [7, 11) is 1.61. The average Bonchev–Trinajstić information content (AvgIpc) is 2.68. The van der Waals surface area contributed by atoms with Gasteiger partial charge in [-0.3, -0.25) is 0 Å². The number of furan rings is 1. The molecule has 0 amide bonds. The van der Waals surface area contributed by atoms with E-state index >= 15 is 0 Å². The van der Waals surface area contributed by atoms with Crippen molar-refractivity contribution in [1.82, 2.24) is 0 Å². The molecule has 3 rings (SSSR count). The van der Waals surface area contributed by atoms with Gasteiger partial charge < -0.3 is 9.15 Å². The minimum atomic E-state index is 0.630. The lowest BCUT2D eigenvalue weighted by Gasteiger charge is -2.00. The maximum atomic E-state index is 6.27. The van der Waals surface area contributed by atoms with Crippen LogP contribution < -0.4 is 4.74 Å². The van der Waals surface area contributed by atoms with Crippen molar-refractivity contribution in [2.24, 2.45) is 0 Å². The smallest absolute Gasteiger partial charge is 0.140 e. The van der Waals surface area contributed by atoms with E-state index in [1.54, 1.807) is 13.2 Å². The molecule has 0 N–H and O–H groups in total. The van der Waals surface area contributed by atoms with Crippen molar-refractivity contribution in [2.75, 3.05) is 7.11 Å². The Morgan fingerprint density at radius 2 is 2.00 bits per heavy atom. The van der Waals surface area contributed by atoms with E-state index in [0.717, 1.165) is 26.4 Å². The van der Waals surface area contributed by atoms with Gasteiger partial charge in [-0.15, -0.1) is 0 Å². The predicted octanol–water partition coefficient (Wildman–Crippen LogP) is 5.01. The lowest BCUT2D eigenvalue weighted by Crippen LogP contribution is -1.81. The molecule has 0 fully saturated rings. The molecule has 4 heteroatoms. The molecule has 0 aliphatic rings. The van der Waals surface area contributed by atoms with Gasteiger partial charge in [0.1, 0.15) is 16.9 Å². The maximum Gasteiger partial charge on any atom is 0.140 e. The lowest BCUT2D eigenvalue weighted by molar-refractivity contribution is 0.414. The van der Waals surface area contributed by atoms with Crippen LogP contribution in [-0.4, -0.2) is 7.11 Å². The molecule has 0 saturated carbocycles. The molecular formula is C13H8BrClO2. The third-order valence-corrected chi connectivity index (χ3v) is 3.67. The first-order valence-electron chi connectivity index (χ1n) is 5.05. The minimum absolute atomic E-state index is 0.630. The lowest BCUT2D eigenvalue weighted by atomic mass is 10.1. The molecule has 0 atom stereocenters. The van der Waals surface area contributed by atoms with Crippen LogP contribution >= 0.6 is 27.5 Å². The third kappa shape index (κ3) is 1.61. The Morgan fingerprint density at radius 3 is 2.76 bits per heavy atom. The standard InChI is InChI=1S/C13H8BrClO2/c1-16-7-5-9(15)13-11(6-7)17-10-4-2-3-8(14)12(10)13/h2-6H,1H3. The second-order valence-electron chi connectivity index (χ2n) is 3.70. The highest BCUT2D eigenvalue weighted by molar-refractivity contribution is 9.10. The molecule has 0 bridgehead atoms. The van der Waals surface area contributed by atoms with Crippen molar-refractivity contribution in [2.45, 2.75) is 0 Å². The predicted molar refractivity (Wildman–Crippen MR) is 73.0 cm³/mol. The van der Waals surface area contributed by atoms with Gasteiger partial charge in [0.25, 0.3) is 0 Å². The molecule has 2 nitrogen and oxygen atoms in total. The molecule has 0 aliphatic carbocycles. The summed E-state index contributed by atoms with van der Waals surface area (Å²) < 4.78 is 11.9. The first-order valence-corrected chi connectivity index (χ1v) is 6.22. The van der Waals surface area contributed by atoms with Crippen molar-refractivity contribution < 1.29 is 9.15 Å². The summed E-state index contributed by atoms with van der Waals surface area (Å²) in [6.45, 7) is 0. The van der Waals surface area contributed by atoms with Crippen molar-refractivity contribution in [3.63, 3.8) is 0 Å². The number of halogens is 2. The third-order valence-electron chi connectivity index (χ3n) is 2.71. The molecule has 0 spiro atoms. The summed E-state index contributed by atoms with van der Waals surface area (Å²) in [6, 6.07) is 9.45. The van der Waals surface area contributed by atoms with Gasteiger partial charge in [-0.25, -0.2) is 0 Å². The Bertz CT molecular complexity index is 718. The van der Waals surface area contributed by atoms with Gasteiger partial charge in [0, 0.05) is 21.3 Å². The van der Waals surface area contributed by atoms with E-state index in [-0.39, 0.29) is 0 Å². The molecule has 0 radical (unpaired) electrons. The highest BCUT2D eigenvalue weighted by Gasteiger charge is 2.14. The Labute approximate surface area is 111 Å². The van der Waals surface area contributed by atoms with Crippen LogP contribution in [0.25, 0.3) is 21.9 Å². The topological polar surface area (TPSA) is 22.4 Å². The number of rotatable bonds is 1. The Balaban J connectivity index is 2.53. The number of benzene rings is 2. The Morgan fingerprint density at radius 1 is 1.18 bits per heavy atom. The van der Waals surface area contributed by atoms with Gasteiger partial charge in [0.15, 0.2) is 0 Å². The van der Waals surface area contributed by atoms with E-state index in [4.69, 9.17) is 20.8 Å². The van der Waals surface area contributed by atoms with Crippen molar-refractivity contribution in [1.29, 1.82) is 0 Å². The second-order valence-corrected chi connectivity index (χ2v) is 4.96. The molecule has 0 unspecified atom stereocenters. The van der Waals surface area contributed by atoms with Crippen LogP contribution in [0.4, 0.5) is 0 Å². The van der Waals surface area contributed by atoms with Crippen LogP contribution in [0.2, 0.25) is 5.02 Å². The molecule has 0 saturated heterocycles. The molecule has 17 heavy (non-hydrogen) atoms. The van der Waals surface area contributed by atoms with Gasteiger partial charge in [-0.05, 0) is 18.2 Å².